The van der Waals surface area contributed by atoms with Crippen molar-refractivity contribution in [2.75, 3.05) is 10.5 Å². The molecule has 8 heteroatoms. The summed E-state index contributed by atoms with van der Waals surface area (Å²) in [7, 11) is -3.71. The Morgan fingerprint density at radius 2 is 2.05 bits per heavy atom. The lowest BCUT2D eigenvalue weighted by molar-refractivity contribution is 0.603. The minimum absolute atomic E-state index is 0.0818. The molecule has 2 rings (SSSR count). The van der Waals surface area contributed by atoms with E-state index in [0.29, 0.717) is 20.7 Å². The van der Waals surface area contributed by atoms with E-state index in [0.717, 1.165) is 11.3 Å². The zero-order valence-corrected chi connectivity index (χ0v) is 12.6. The normalized spacial score (nSPS) is 10.9. The Hall–Kier alpha value is -1.56. The first-order valence-corrected chi connectivity index (χ1v) is 8.09. The summed E-state index contributed by atoms with van der Waals surface area (Å²) in [6, 6.07) is 9.58. The van der Waals surface area contributed by atoms with Gasteiger partial charge in [-0.05, 0) is 46.3 Å². The van der Waals surface area contributed by atoms with Crippen LogP contribution in [-0.2, 0) is 10.0 Å². The fourth-order valence-electron chi connectivity index (χ4n) is 1.34. The second-order valence-electron chi connectivity index (χ2n) is 3.58. The number of hydrogen-bond donors (Lipinski definition) is 2. The second-order valence-corrected chi connectivity index (χ2v) is 7.42. The van der Waals surface area contributed by atoms with E-state index in [9.17, 15) is 8.42 Å². The van der Waals surface area contributed by atoms with Crippen molar-refractivity contribution in [3.63, 3.8) is 0 Å². The third-order valence-electron chi connectivity index (χ3n) is 2.19. The van der Waals surface area contributed by atoms with Crippen molar-refractivity contribution in [2.24, 2.45) is 0 Å². The van der Waals surface area contributed by atoms with E-state index < -0.39 is 10.0 Å². The standard InChI is InChI=1S/C11H8BrN3O2S2/c12-9-3-1-7(14)5-10(9)15-19(16,17)11-4-2-8(6-13)18-11/h1-5,15H,14H2. The number of sulfonamides is 1. The second kappa shape index (κ2) is 5.21. The minimum Gasteiger partial charge on any atom is -0.399 e. The highest BCUT2D eigenvalue weighted by Crippen LogP contribution is 2.29. The third kappa shape index (κ3) is 3.07. The number of benzene rings is 1. The van der Waals surface area contributed by atoms with Crippen LogP contribution in [0.25, 0.3) is 0 Å². The van der Waals surface area contributed by atoms with Gasteiger partial charge in [-0.2, -0.15) is 5.26 Å². The summed E-state index contributed by atoms with van der Waals surface area (Å²) in [4.78, 5) is 0.340. The van der Waals surface area contributed by atoms with E-state index in [-0.39, 0.29) is 4.21 Å². The van der Waals surface area contributed by atoms with E-state index in [2.05, 4.69) is 20.7 Å². The molecule has 2 aromatic rings. The van der Waals surface area contributed by atoms with Gasteiger partial charge in [0, 0.05) is 10.2 Å². The van der Waals surface area contributed by atoms with Gasteiger partial charge in [-0.3, -0.25) is 4.72 Å². The summed E-state index contributed by atoms with van der Waals surface area (Å²) in [5.74, 6) is 0. The number of nitrogens with zero attached hydrogens (tertiary/aromatic N) is 1. The molecule has 0 spiro atoms. The maximum absolute atomic E-state index is 12.1. The number of hydrogen-bond acceptors (Lipinski definition) is 5. The van der Waals surface area contributed by atoms with Gasteiger partial charge in [0.05, 0.1) is 5.69 Å². The summed E-state index contributed by atoms with van der Waals surface area (Å²) < 4.78 is 27.3. The van der Waals surface area contributed by atoms with Crippen molar-refractivity contribution in [3.05, 3.63) is 39.7 Å². The summed E-state index contributed by atoms with van der Waals surface area (Å²) in [5, 5.41) is 8.71. The fourth-order valence-corrected chi connectivity index (χ4v) is 3.99. The summed E-state index contributed by atoms with van der Waals surface area (Å²) >= 11 is 4.15. The van der Waals surface area contributed by atoms with Crippen molar-refractivity contribution >= 4 is 48.7 Å². The maximum atomic E-state index is 12.1. The maximum Gasteiger partial charge on any atom is 0.271 e. The molecule has 0 aliphatic rings. The average molecular weight is 358 g/mol. The van der Waals surface area contributed by atoms with Gasteiger partial charge >= 0.3 is 0 Å². The first-order chi connectivity index (χ1) is 8.92. The van der Waals surface area contributed by atoms with Crippen molar-refractivity contribution in [2.45, 2.75) is 4.21 Å². The largest absolute Gasteiger partial charge is 0.399 e. The van der Waals surface area contributed by atoms with Crippen molar-refractivity contribution in [1.82, 2.24) is 0 Å². The van der Waals surface area contributed by atoms with Crippen LogP contribution in [0.15, 0.2) is 39.0 Å². The SMILES string of the molecule is N#Cc1ccc(S(=O)(=O)Nc2cc(N)ccc2Br)s1. The number of anilines is 2. The molecular weight excluding hydrogens is 350 g/mol. The first kappa shape index (κ1) is 13.9. The average Bonchev–Trinajstić information content (AvgIpc) is 2.83. The Balaban J connectivity index is 2.36. The number of nitrogens with one attached hydrogen (secondary N) is 1. The predicted molar refractivity (Wildman–Crippen MR) is 78.4 cm³/mol. The lowest BCUT2D eigenvalue weighted by atomic mass is 10.3. The molecule has 0 amide bonds. The van der Waals surface area contributed by atoms with Gasteiger partial charge in [0.25, 0.3) is 10.0 Å². The molecular formula is C11H8BrN3O2S2. The first-order valence-electron chi connectivity index (χ1n) is 5.00. The molecule has 5 nitrogen and oxygen atoms in total. The van der Waals surface area contributed by atoms with Crippen LogP contribution in [0.5, 0.6) is 0 Å². The van der Waals surface area contributed by atoms with Gasteiger partial charge in [0.15, 0.2) is 0 Å². The summed E-state index contributed by atoms with van der Waals surface area (Å²) in [5.41, 5.74) is 6.42. The van der Waals surface area contributed by atoms with Crippen LogP contribution >= 0.6 is 27.3 Å². The minimum atomic E-state index is -3.71. The highest BCUT2D eigenvalue weighted by atomic mass is 79.9. The van der Waals surface area contributed by atoms with Gasteiger partial charge in [0.2, 0.25) is 0 Å². The molecule has 3 N–H and O–H groups in total. The van der Waals surface area contributed by atoms with Crippen LogP contribution in [-0.4, -0.2) is 8.42 Å². The number of halogens is 1. The van der Waals surface area contributed by atoms with Crippen LogP contribution in [0, 0.1) is 11.3 Å². The quantitative estimate of drug-likeness (QED) is 0.825. The Kier molecular flexibility index (Phi) is 3.80. The molecule has 0 bridgehead atoms. The Bertz CT molecular complexity index is 762. The van der Waals surface area contributed by atoms with Gasteiger partial charge in [0.1, 0.15) is 15.2 Å². The molecule has 0 unspecified atom stereocenters. The third-order valence-corrected chi connectivity index (χ3v) is 5.73. The number of nitrogen functional groups attached to an aromatic ring is 1. The number of thiophene rings is 1. The van der Waals surface area contributed by atoms with Gasteiger partial charge < -0.3 is 5.73 Å². The Labute approximate surface area is 122 Å². The van der Waals surface area contributed by atoms with E-state index >= 15 is 0 Å². The molecule has 19 heavy (non-hydrogen) atoms. The molecule has 0 aliphatic carbocycles. The topological polar surface area (TPSA) is 96.0 Å². The number of nitrogens with two attached hydrogens (primary N) is 1. The van der Waals surface area contributed by atoms with E-state index in [1.807, 2.05) is 6.07 Å². The van der Waals surface area contributed by atoms with E-state index in [1.54, 1.807) is 12.1 Å². The fraction of sp³-hybridized carbons (Fsp3) is 0. The molecule has 0 aliphatic heterocycles. The van der Waals surface area contributed by atoms with Gasteiger partial charge in [-0.15, -0.1) is 11.3 Å². The molecule has 0 saturated carbocycles. The van der Waals surface area contributed by atoms with Crippen LogP contribution < -0.4 is 10.5 Å². The van der Waals surface area contributed by atoms with E-state index in [4.69, 9.17) is 11.0 Å². The van der Waals surface area contributed by atoms with E-state index in [1.165, 1.54) is 18.2 Å². The predicted octanol–water partition coefficient (Wildman–Crippen LogP) is 2.77. The highest BCUT2D eigenvalue weighted by Gasteiger charge is 2.18. The number of rotatable bonds is 3. The molecule has 98 valence electrons. The highest BCUT2D eigenvalue weighted by molar-refractivity contribution is 9.10. The molecule has 1 aromatic carbocycles. The molecule has 1 heterocycles. The number of nitriles is 1. The van der Waals surface area contributed by atoms with Crippen molar-refractivity contribution in [1.29, 1.82) is 5.26 Å². The molecule has 0 fully saturated rings. The molecule has 0 atom stereocenters. The Morgan fingerprint density at radius 3 is 2.68 bits per heavy atom. The van der Waals surface area contributed by atoms with Crippen LogP contribution in [0.3, 0.4) is 0 Å². The van der Waals surface area contributed by atoms with Crippen LogP contribution in [0.2, 0.25) is 0 Å². The van der Waals surface area contributed by atoms with Crippen molar-refractivity contribution < 1.29 is 8.42 Å². The lowest BCUT2D eigenvalue weighted by Crippen LogP contribution is -2.12. The van der Waals surface area contributed by atoms with Crippen LogP contribution in [0.1, 0.15) is 4.88 Å². The summed E-state index contributed by atoms with van der Waals surface area (Å²) in [6.07, 6.45) is 0. The lowest BCUT2D eigenvalue weighted by Gasteiger charge is -2.08. The molecule has 0 saturated heterocycles. The van der Waals surface area contributed by atoms with Crippen molar-refractivity contribution in [3.8, 4) is 6.07 Å². The zero-order chi connectivity index (χ0) is 14.0. The van der Waals surface area contributed by atoms with Crippen LogP contribution in [0.4, 0.5) is 11.4 Å². The summed E-state index contributed by atoms with van der Waals surface area (Å²) in [6.45, 7) is 0. The molecule has 1 aromatic heterocycles. The van der Waals surface area contributed by atoms with Gasteiger partial charge in [-0.25, -0.2) is 8.42 Å². The smallest absolute Gasteiger partial charge is 0.271 e. The Morgan fingerprint density at radius 1 is 1.32 bits per heavy atom. The molecule has 0 radical (unpaired) electrons. The monoisotopic (exact) mass is 357 g/mol. The zero-order valence-electron chi connectivity index (χ0n) is 9.42. The van der Waals surface area contributed by atoms with Gasteiger partial charge in [-0.1, -0.05) is 0 Å².